The van der Waals surface area contributed by atoms with Gasteiger partial charge < -0.3 is 15.1 Å². The van der Waals surface area contributed by atoms with Crippen LogP contribution in [0.25, 0.3) is 0 Å². The first-order valence-corrected chi connectivity index (χ1v) is 7.91. The van der Waals surface area contributed by atoms with Crippen molar-refractivity contribution in [3.05, 3.63) is 34.6 Å². The van der Waals surface area contributed by atoms with Crippen molar-refractivity contribution in [3.63, 3.8) is 0 Å². The normalized spacial score (nSPS) is 19.3. The number of benzene rings is 1. The Bertz CT molecular complexity index is 576. The van der Waals surface area contributed by atoms with Gasteiger partial charge in [-0.2, -0.15) is 0 Å². The third kappa shape index (κ3) is 4.42. The standard InChI is InChI=1S/C16H21ClFN3O2/c1-19-16(23)11-9-20(2)6-7-21(10-11)15(22)8-12-13(17)4-3-5-14(12)18/h3-5,11H,6-10H2,1-2H3,(H,19,23). The topological polar surface area (TPSA) is 52.7 Å². The highest BCUT2D eigenvalue weighted by Crippen LogP contribution is 2.21. The van der Waals surface area contributed by atoms with E-state index in [9.17, 15) is 14.0 Å². The molecule has 0 radical (unpaired) electrons. The number of nitrogens with zero attached hydrogens (tertiary/aromatic N) is 2. The summed E-state index contributed by atoms with van der Waals surface area (Å²) in [6, 6.07) is 4.36. The number of hydrogen-bond donors (Lipinski definition) is 1. The van der Waals surface area contributed by atoms with Gasteiger partial charge in [-0.1, -0.05) is 17.7 Å². The lowest BCUT2D eigenvalue weighted by Gasteiger charge is -2.23. The quantitative estimate of drug-likeness (QED) is 0.897. The molecule has 1 atom stereocenters. The molecule has 1 unspecified atom stereocenters. The minimum absolute atomic E-state index is 0.0968. The van der Waals surface area contributed by atoms with Gasteiger partial charge in [-0.15, -0.1) is 0 Å². The Morgan fingerprint density at radius 2 is 2.09 bits per heavy atom. The number of nitrogens with one attached hydrogen (secondary N) is 1. The van der Waals surface area contributed by atoms with Crippen LogP contribution in [0.1, 0.15) is 5.56 Å². The molecule has 1 heterocycles. The molecule has 23 heavy (non-hydrogen) atoms. The molecule has 7 heteroatoms. The molecule has 1 aromatic carbocycles. The second-order valence-corrected chi connectivity index (χ2v) is 6.20. The summed E-state index contributed by atoms with van der Waals surface area (Å²) in [7, 11) is 3.50. The Kier molecular flexibility index (Phi) is 5.96. The zero-order valence-corrected chi connectivity index (χ0v) is 14.1. The van der Waals surface area contributed by atoms with Crippen LogP contribution >= 0.6 is 11.6 Å². The zero-order valence-electron chi connectivity index (χ0n) is 13.3. The predicted octanol–water partition coefficient (Wildman–Crippen LogP) is 1.16. The summed E-state index contributed by atoms with van der Waals surface area (Å²) < 4.78 is 13.9. The van der Waals surface area contributed by atoms with Crippen LogP contribution in [0.2, 0.25) is 5.02 Å². The smallest absolute Gasteiger partial charge is 0.227 e. The van der Waals surface area contributed by atoms with Crippen LogP contribution in [0.4, 0.5) is 4.39 Å². The fourth-order valence-corrected chi connectivity index (χ4v) is 2.96. The van der Waals surface area contributed by atoms with E-state index >= 15 is 0 Å². The van der Waals surface area contributed by atoms with E-state index in [2.05, 4.69) is 5.32 Å². The highest BCUT2D eigenvalue weighted by molar-refractivity contribution is 6.31. The molecule has 1 aromatic rings. The van der Waals surface area contributed by atoms with Crippen LogP contribution in [0, 0.1) is 11.7 Å². The van der Waals surface area contributed by atoms with Crippen molar-refractivity contribution < 1.29 is 14.0 Å². The second kappa shape index (κ2) is 7.75. The summed E-state index contributed by atoms with van der Waals surface area (Å²) >= 11 is 5.99. The average molecular weight is 342 g/mol. The lowest BCUT2D eigenvalue weighted by Crippen LogP contribution is -2.42. The maximum Gasteiger partial charge on any atom is 0.227 e. The van der Waals surface area contributed by atoms with E-state index in [1.807, 2.05) is 11.9 Å². The fraction of sp³-hybridized carbons (Fsp3) is 0.500. The average Bonchev–Trinajstić information content (AvgIpc) is 2.72. The molecule has 1 aliphatic rings. The van der Waals surface area contributed by atoms with Gasteiger partial charge in [-0.05, 0) is 19.2 Å². The zero-order chi connectivity index (χ0) is 17.0. The molecule has 2 rings (SSSR count). The lowest BCUT2D eigenvalue weighted by molar-refractivity contribution is -0.132. The summed E-state index contributed by atoms with van der Waals surface area (Å²) in [6.07, 6.45) is -0.102. The van der Waals surface area contributed by atoms with Crippen LogP contribution in [0.3, 0.4) is 0 Å². The Balaban J connectivity index is 2.12. The monoisotopic (exact) mass is 341 g/mol. The summed E-state index contributed by atoms with van der Waals surface area (Å²) in [5, 5.41) is 2.87. The summed E-state index contributed by atoms with van der Waals surface area (Å²) in [5.74, 6) is -1.10. The number of carbonyl (C=O) groups excluding carboxylic acids is 2. The molecule has 0 spiro atoms. The minimum Gasteiger partial charge on any atom is -0.359 e. The second-order valence-electron chi connectivity index (χ2n) is 5.79. The Hall–Kier alpha value is -1.66. The van der Waals surface area contributed by atoms with Gasteiger partial charge in [0.2, 0.25) is 11.8 Å². The number of halogens is 2. The molecule has 1 N–H and O–H groups in total. The maximum absolute atomic E-state index is 13.9. The van der Waals surface area contributed by atoms with Gasteiger partial charge in [-0.3, -0.25) is 9.59 Å². The Morgan fingerprint density at radius 3 is 2.74 bits per heavy atom. The number of rotatable bonds is 3. The molecule has 0 aromatic heterocycles. The molecule has 126 valence electrons. The van der Waals surface area contributed by atoms with Gasteiger partial charge in [-0.25, -0.2) is 4.39 Å². The van der Waals surface area contributed by atoms with E-state index in [0.29, 0.717) is 26.2 Å². The van der Waals surface area contributed by atoms with E-state index in [-0.39, 0.29) is 34.7 Å². The first-order valence-electron chi connectivity index (χ1n) is 7.53. The molecule has 2 amide bonds. The fourth-order valence-electron chi connectivity index (χ4n) is 2.73. The minimum atomic E-state index is -0.486. The summed E-state index contributed by atoms with van der Waals surface area (Å²) in [5.41, 5.74) is 0.202. The first kappa shape index (κ1) is 17.7. The van der Waals surface area contributed by atoms with Gasteiger partial charge in [0.25, 0.3) is 0 Å². The molecule has 1 saturated heterocycles. The van der Waals surface area contributed by atoms with Crippen molar-refractivity contribution in [3.8, 4) is 0 Å². The number of amides is 2. The molecule has 0 aliphatic carbocycles. The van der Waals surface area contributed by atoms with Gasteiger partial charge >= 0.3 is 0 Å². The molecule has 0 saturated carbocycles. The Labute approximate surface area is 140 Å². The van der Waals surface area contributed by atoms with Crippen LogP contribution < -0.4 is 5.32 Å². The van der Waals surface area contributed by atoms with Crippen molar-refractivity contribution in [2.75, 3.05) is 40.3 Å². The lowest BCUT2D eigenvalue weighted by atomic mass is 10.1. The van der Waals surface area contributed by atoms with Gasteiger partial charge in [0.05, 0.1) is 12.3 Å². The number of hydrogen-bond acceptors (Lipinski definition) is 3. The highest BCUT2D eigenvalue weighted by Gasteiger charge is 2.28. The molecule has 5 nitrogen and oxygen atoms in total. The van der Waals surface area contributed by atoms with Crippen LogP contribution in [0.15, 0.2) is 18.2 Å². The summed E-state index contributed by atoms with van der Waals surface area (Å²) in [6.45, 7) is 2.10. The van der Waals surface area contributed by atoms with Crippen molar-refractivity contribution in [2.24, 2.45) is 5.92 Å². The third-order valence-electron chi connectivity index (χ3n) is 4.08. The SMILES string of the molecule is CNC(=O)C1CN(C)CCN(C(=O)Cc2c(F)cccc2Cl)C1. The Morgan fingerprint density at radius 1 is 1.35 bits per heavy atom. The van der Waals surface area contributed by atoms with Gasteiger partial charge in [0.15, 0.2) is 0 Å². The van der Waals surface area contributed by atoms with Gasteiger partial charge in [0.1, 0.15) is 5.82 Å². The number of carbonyl (C=O) groups is 2. The molecule has 0 bridgehead atoms. The van der Waals surface area contributed by atoms with Crippen molar-refractivity contribution in [2.45, 2.75) is 6.42 Å². The highest BCUT2D eigenvalue weighted by atomic mass is 35.5. The molecule has 1 aliphatic heterocycles. The van der Waals surface area contributed by atoms with Crippen LogP contribution in [-0.2, 0) is 16.0 Å². The van der Waals surface area contributed by atoms with Crippen molar-refractivity contribution >= 4 is 23.4 Å². The van der Waals surface area contributed by atoms with Crippen molar-refractivity contribution in [1.29, 1.82) is 0 Å². The predicted molar refractivity (Wildman–Crippen MR) is 86.7 cm³/mol. The number of likely N-dealkylation sites (N-methyl/N-ethyl adjacent to an activating group) is 1. The maximum atomic E-state index is 13.9. The van der Waals surface area contributed by atoms with Crippen LogP contribution in [-0.4, -0.2) is 61.9 Å². The molecule has 1 fully saturated rings. The largest absolute Gasteiger partial charge is 0.359 e. The third-order valence-corrected chi connectivity index (χ3v) is 4.44. The molecular formula is C16H21ClFN3O2. The van der Waals surface area contributed by atoms with E-state index in [4.69, 9.17) is 11.6 Å². The summed E-state index contributed by atoms with van der Waals surface area (Å²) in [4.78, 5) is 28.1. The van der Waals surface area contributed by atoms with E-state index in [1.165, 1.54) is 12.1 Å². The van der Waals surface area contributed by atoms with Crippen molar-refractivity contribution in [1.82, 2.24) is 15.1 Å². The van der Waals surface area contributed by atoms with Gasteiger partial charge in [0, 0.05) is 43.8 Å². The van der Waals surface area contributed by atoms with E-state index in [0.717, 1.165) is 0 Å². The van der Waals surface area contributed by atoms with Crippen LogP contribution in [0.5, 0.6) is 0 Å². The van der Waals surface area contributed by atoms with E-state index < -0.39 is 5.82 Å². The van der Waals surface area contributed by atoms with E-state index in [1.54, 1.807) is 18.0 Å². The first-order chi connectivity index (χ1) is 10.9. The molecular weight excluding hydrogens is 321 g/mol.